The summed E-state index contributed by atoms with van der Waals surface area (Å²) in [7, 11) is 2.02. The molecule has 0 bridgehead atoms. The molecule has 2 aromatic heterocycles. The molecule has 3 heteroatoms. The van der Waals surface area contributed by atoms with Crippen molar-refractivity contribution in [2.24, 2.45) is 7.05 Å². The monoisotopic (exact) mass is 348 g/mol. The third-order valence-electron chi connectivity index (χ3n) is 5.43. The van der Waals surface area contributed by atoms with Crippen LogP contribution >= 0.6 is 0 Å². The summed E-state index contributed by atoms with van der Waals surface area (Å²) in [5.41, 5.74) is 2.95. The number of aryl methyl sites for hydroxylation is 1. The van der Waals surface area contributed by atoms with E-state index < -0.39 is 0 Å². The molecule has 0 unspecified atom stereocenters. The molecule has 0 aliphatic carbocycles. The van der Waals surface area contributed by atoms with Crippen LogP contribution in [0, 0.1) is 0 Å². The van der Waals surface area contributed by atoms with Gasteiger partial charge in [-0.1, -0.05) is 48.5 Å². The molecule has 0 aliphatic rings. The van der Waals surface area contributed by atoms with Crippen molar-refractivity contribution in [3.8, 4) is 11.4 Å². The Morgan fingerprint density at radius 2 is 1.48 bits per heavy atom. The fourth-order valence-corrected chi connectivity index (χ4v) is 4.19. The first-order chi connectivity index (χ1) is 13.3. The Hall–Kier alpha value is -3.59. The summed E-state index contributed by atoms with van der Waals surface area (Å²) >= 11 is 0. The molecule has 0 spiro atoms. The zero-order valence-electron chi connectivity index (χ0n) is 14.8. The first-order valence-corrected chi connectivity index (χ1v) is 9.05. The topological polar surface area (TPSA) is 31.0 Å². The largest absolute Gasteiger partial charge is 0.455 e. The molecule has 0 aliphatic heterocycles. The molecule has 0 amide bonds. The van der Waals surface area contributed by atoms with Crippen molar-refractivity contribution in [2.45, 2.75) is 0 Å². The summed E-state index contributed by atoms with van der Waals surface area (Å²) in [6.07, 6.45) is 3.80. The highest BCUT2D eigenvalue weighted by atomic mass is 16.3. The van der Waals surface area contributed by atoms with Gasteiger partial charge in [0, 0.05) is 41.2 Å². The molecule has 3 nitrogen and oxygen atoms in total. The molecule has 128 valence electrons. The van der Waals surface area contributed by atoms with E-state index >= 15 is 0 Å². The van der Waals surface area contributed by atoms with Gasteiger partial charge in [-0.2, -0.15) is 0 Å². The van der Waals surface area contributed by atoms with Crippen molar-refractivity contribution < 1.29 is 4.42 Å². The predicted octanol–water partition coefficient (Wildman–Crippen LogP) is 6.29. The third-order valence-corrected chi connectivity index (χ3v) is 5.43. The van der Waals surface area contributed by atoms with Crippen molar-refractivity contribution >= 4 is 43.5 Å². The number of hydrogen-bond acceptors (Lipinski definition) is 2. The maximum absolute atomic E-state index is 6.35. The highest BCUT2D eigenvalue weighted by molar-refractivity contribution is 6.30. The van der Waals surface area contributed by atoms with Gasteiger partial charge in [-0.25, -0.2) is 4.98 Å². The van der Waals surface area contributed by atoms with E-state index in [9.17, 15) is 0 Å². The Labute approximate surface area is 155 Å². The summed E-state index contributed by atoms with van der Waals surface area (Å²) in [4.78, 5) is 4.50. The highest BCUT2D eigenvalue weighted by Crippen LogP contribution is 2.41. The number of imidazole rings is 1. The highest BCUT2D eigenvalue weighted by Gasteiger charge is 2.16. The maximum atomic E-state index is 6.35. The van der Waals surface area contributed by atoms with E-state index in [1.54, 1.807) is 0 Å². The second-order valence-corrected chi connectivity index (χ2v) is 6.97. The van der Waals surface area contributed by atoms with Crippen LogP contribution in [0.1, 0.15) is 0 Å². The molecule has 6 aromatic rings. The van der Waals surface area contributed by atoms with E-state index in [0.717, 1.165) is 33.3 Å². The van der Waals surface area contributed by atoms with Crippen LogP contribution in [0.5, 0.6) is 0 Å². The fraction of sp³-hybridized carbons (Fsp3) is 0.0417. The van der Waals surface area contributed by atoms with Crippen LogP contribution in [0.4, 0.5) is 0 Å². The minimum absolute atomic E-state index is 0.907. The van der Waals surface area contributed by atoms with Gasteiger partial charge in [0.1, 0.15) is 17.0 Å². The zero-order chi connectivity index (χ0) is 18.0. The Kier molecular flexibility index (Phi) is 2.81. The average Bonchev–Trinajstić information content (AvgIpc) is 3.31. The van der Waals surface area contributed by atoms with Crippen LogP contribution in [0.2, 0.25) is 0 Å². The number of benzene rings is 4. The Morgan fingerprint density at radius 1 is 0.778 bits per heavy atom. The first-order valence-electron chi connectivity index (χ1n) is 9.05. The second kappa shape index (κ2) is 5.21. The molecule has 0 radical (unpaired) electrons. The Morgan fingerprint density at radius 3 is 2.22 bits per heavy atom. The molecule has 27 heavy (non-hydrogen) atoms. The molecule has 0 fully saturated rings. The van der Waals surface area contributed by atoms with Crippen LogP contribution in [-0.4, -0.2) is 9.55 Å². The molecule has 6 rings (SSSR count). The van der Waals surface area contributed by atoms with E-state index in [2.05, 4.69) is 71.7 Å². The van der Waals surface area contributed by atoms with E-state index in [0.29, 0.717) is 0 Å². The molecular weight excluding hydrogens is 332 g/mol. The Bertz CT molecular complexity index is 1490. The third kappa shape index (κ3) is 1.94. The van der Waals surface area contributed by atoms with Crippen LogP contribution < -0.4 is 0 Å². The number of furan rings is 1. The number of rotatable bonds is 1. The molecular formula is C24H16N2O. The van der Waals surface area contributed by atoms with Gasteiger partial charge in [0.15, 0.2) is 0 Å². The van der Waals surface area contributed by atoms with Crippen molar-refractivity contribution in [1.29, 1.82) is 0 Å². The van der Waals surface area contributed by atoms with Gasteiger partial charge in [0.2, 0.25) is 0 Å². The minimum Gasteiger partial charge on any atom is -0.455 e. The van der Waals surface area contributed by atoms with Gasteiger partial charge < -0.3 is 8.98 Å². The van der Waals surface area contributed by atoms with Crippen LogP contribution in [-0.2, 0) is 7.05 Å². The molecule has 0 atom stereocenters. The van der Waals surface area contributed by atoms with E-state index in [4.69, 9.17) is 4.42 Å². The van der Waals surface area contributed by atoms with Crippen molar-refractivity contribution in [1.82, 2.24) is 9.55 Å². The van der Waals surface area contributed by atoms with E-state index in [-0.39, 0.29) is 0 Å². The molecule has 4 aromatic carbocycles. The van der Waals surface area contributed by atoms with E-state index in [1.165, 1.54) is 21.5 Å². The molecule has 0 N–H and O–H groups in total. The van der Waals surface area contributed by atoms with Gasteiger partial charge in [-0.15, -0.1) is 0 Å². The summed E-state index contributed by atoms with van der Waals surface area (Å²) < 4.78 is 8.39. The number of aromatic nitrogens is 2. The Balaban J connectivity index is 1.84. The fourth-order valence-electron chi connectivity index (χ4n) is 4.19. The molecule has 0 saturated carbocycles. The maximum Gasteiger partial charge on any atom is 0.143 e. The van der Waals surface area contributed by atoms with Gasteiger partial charge in [0.05, 0.1) is 0 Å². The summed E-state index contributed by atoms with van der Waals surface area (Å²) in [6, 6.07) is 23.4. The predicted molar refractivity (Wildman–Crippen MR) is 111 cm³/mol. The quantitative estimate of drug-likeness (QED) is 0.327. The van der Waals surface area contributed by atoms with Crippen LogP contribution in [0.25, 0.3) is 54.9 Å². The molecule has 0 saturated heterocycles. The summed E-state index contributed by atoms with van der Waals surface area (Å²) in [5, 5.41) is 7.17. The van der Waals surface area contributed by atoms with Crippen LogP contribution in [0.3, 0.4) is 0 Å². The standard InChI is InChI=1S/C24H16N2O/c1-26-13-12-25-24(26)15-10-11-21-20(14-15)22-18-8-4-2-6-16(18)17-7-3-5-9-19(17)23(22)27-21/h2-14H,1H3. The lowest BCUT2D eigenvalue weighted by molar-refractivity contribution is 0.673. The van der Waals surface area contributed by atoms with Gasteiger partial charge >= 0.3 is 0 Å². The van der Waals surface area contributed by atoms with Gasteiger partial charge in [-0.3, -0.25) is 0 Å². The summed E-state index contributed by atoms with van der Waals surface area (Å²) in [6.45, 7) is 0. The van der Waals surface area contributed by atoms with Crippen molar-refractivity contribution in [3.05, 3.63) is 79.1 Å². The minimum atomic E-state index is 0.907. The van der Waals surface area contributed by atoms with Gasteiger partial charge in [0.25, 0.3) is 0 Å². The lowest BCUT2D eigenvalue weighted by Crippen LogP contribution is -1.90. The average molecular weight is 348 g/mol. The van der Waals surface area contributed by atoms with Crippen LogP contribution in [0.15, 0.2) is 83.5 Å². The first kappa shape index (κ1) is 14.6. The smallest absolute Gasteiger partial charge is 0.143 e. The lowest BCUT2D eigenvalue weighted by Gasteiger charge is -2.06. The normalized spacial score (nSPS) is 11.9. The van der Waals surface area contributed by atoms with Gasteiger partial charge in [-0.05, 0) is 34.4 Å². The SMILES string of the molecule is Cn1ccnc1-c1ccc2oc3c4ccccc4c4ccccc4c3c2c1. The number of fused-ring (bicyclic) bond motifs is 8. The van der Waals surface area contributed by atoms with E-state index in [1.807, 2.05) is 24.0 Å². The number of nitrogens with zero attached hydrogens (tertiary/aromatic N) is 2. The van der Waals surface area contributed by atoms with Crippen molar-refractivity contribution in [2.75, 3.05) is 0 Å². The second-order valence-electron chi connectivity index (χ2n) is 6.97. The lowest BCUT2D eigenvalue weighted by atomic mass is 9.96. The van der Waals surface area contributed by atoms with Crippen molar-refractivity contribution in [3.63, 3.8) is 0 Å². The summed E-state index contributed by atoms with van der Waals surface area (Å²) in [5.74, 6) is 0.955. The zero-order valence-corrected chi connectivity index (χ0v) is 14.8. The number of hydrogen-bond donors (Lipinski definition) is 0. The molecule has 2 heterocycles.